The van der Waals surface area contributed by atoms with Crippen molar-refractivity contribution in [2.24, 2.45) is 0 Å². The summed E-state index contributed by atoms with van der Waals surface area (Å²) in [5.41, 5.74) is 0. The summed E-state index contributed by atoms with van der Waals surface area (Å²) in [5, 5.41) is 3.39. The second-order valence-corrected chi connectivity index (χ2v) is 6.76. The van der Waals surface area contributed by atoms with Crippen molar-refractivity contribution in [1.29, 1.82) is 0 Å². The van der Waals surface area contributed by atoms with E-state index in [4.69, 9.17) is 21.1 Å². The normalized spacial score (nSPS) is 17.0. The number of carbonyl (C=O) groups is 2. The zero-order valence-electron chi connectivity index (χ0n) is 12.8. The van der Waals surface area contributed by atoms with E-state index >= 15 is 0 Å². The lowest BCUT2D eigenvalue weighted by Gasteiger charge is -2.10. The largest absolute Gasteiger partial charge is 0.456 e. The van der Waals surface area contributed by atoms with Gasteiger partial charge in [-0.1, -0.05) is 11.6 Å². The minimum Gasteiger partial charge on any atom is -0.456 e. The monoisotopic (exact) mass is 357 g/mol. The Bertz CT molecular complexity index is 517. The zero-order chi connectivity index (χ0) is 16.5. The maximum Gasteiger partial charge on any atom is 0.307 e. The summed E-state index contributed by atoms with van der Waals surface area (Å²) >= 11 is 7.35. The van der Waals surface area contributed by atoms with Gasteiger partial charge in [0.1, 0.15) is 0 Å². The fourth-order valence-electron chi connectivity index (χ4n) is 2.09. The Morgan fingerprint density at radius 3 is 2.83 bits per heavy atom. The average molecular weight is 358 g/mol. The first kappa shape index (κ1) is 18.1. The van der Waals surface area contributed by atoms with Crippen LogP contribution in [0.25, 0.3) is 0 Å². The first-order valence-corrected chi connectivity index (χ1v) is 8.92. The van der Waals surface area contributed by atoms with Crippen molar-refractivity contribution in [1.82, 2.24) is 5.32 Å². The second kappa shape index (κ2) is 9.80. The molecule has 23 heavy (non-hydrogen) atoms. The zero-order valence-corrected chi connectivity index (χ0v) is 14.3. The number of carbonyl (C=O) groups excluding carboxylic acids is 2. The number of thioether (sulfide) groups is 1. The van der Waals surface area contributed by atoms with Crippen LogP contribution in [-0.2, 0) is 19.1 Å². The Balaban J connectivity index is 1.53. The number of benzene rings is 1. The van der Waals surface area contributed by atoms with Crippen LogP contribution in [0.4, 0.5) is 0 Å². The molecule has 0 radical (unpaired) electrons. The topological polar surface area (TPSA) is 64.6 Å². The fourth-order valence-corrected chi connectivity index (χ4v) is 3.04. The first-order valence-electron chi connectivity index (χ1n) is 7.56. The van der Waals surface area contributed by atoms with E-state index in [9.17, 15) is 9.59 Å². The summed E-state index contributed by atoms with van der Waals surface area (Å²) in [4.78, 5) is 24.2. The predicted molar refractivity (Wildman–Crippen MR) is 89.7 cm³/mol. The Labute approximate surface area is 145 Å². The molecule has 1 aliphatic rings. The van der Waals surface area contributed by atoms with Gasteiger partial charge in [-0.3, -0.25) is 9.59 Å². The van der Waals surface area contributed by atoms with Crippen molar-refractivity contribution < 1.29 is 19.1 Å². The molecule has 1 aliphatic heterocycles. The Morgan fingerprint density at radius 2 is 2.13 bits per heavy atom. The van der Waals surface area contributed by atoms with Crippen molar-refractivity contribution in [2.45, 2.75) is 30.3 Å². The molecule has 1 fully saturated rings. The van der Waals surface area contributed by atoms with Gasteiger partial charge >= 0.3 is 5.97 Å². The molecule has 1 amide bonds. The highest BCUT2D eigenvalue weighted by atomic mass is 35.5. The van der Waals surface area contributed by atoms with Crippen LogP contribution in [0.15, 0.2) is 29.2 Å². The molecule has 7 heteroatoms. The number of nitrogens with one attached hydrogen (secondary N) is 1. The van der Waals surface area contributed by atoms with Gasteiger partial charge in [0.15, 0.2) is 6.61 Å². The summed E-state index contributed by atoms with van der Waals surface area (Å²) in [7, 11) is 0. The van der Waals surface area contributed by atoms with E-state index in [1.807, 2.05) is 12.1 Å². The van der Waals surface area contributed by atoms with Crippen molar-refractivity contribution in [3.8, 4) is 0 Å². The van der Waals surface area contributed by atoms with Crippen LogP contribution in [0.5, 0.6) is 0 Å². The molecule has 1 heterocycles. The van der Waals surface area contributed by atoms with Gasteiger partial charge in [0.25, 0.3) is 5.91 Å². The number of hydrogen-bond acceptors (Lipinski definition) is 5. The Morgan fingerprint density at radius 1 is 1.35 bits per heavy atom. The van der Waals surface area contributed by atoms with E-state index in [1.165, 1.54) is 0 Å². The van der Waals surface area contributed by atoms with Gasteiger partial charge in [0, 0.05) is 28.8 Å². The highest BCUT2D eigenvalue weighted by molar-refractivity contribution is 7.99. The Hall–Kier alpha value is -1.24. The molecule has 0 saturated carbocycles. The molecule has 1 N–H and O–H groups in total. The van der Waals surface area contributed by atoms with Crippen molar-refractivity contribution in [2.75, 3.05) is 25.5 Å². The maximum absolute atomic E-state index is 11.6. The number of amides is 1. The molecule has 1 atom stereocenters. The molecule has 0 spiro atoms. The van der Waals surface area contributed by atoms with Crippen LogP contribution in [0.2, 0.25) is 5.02 Å². The molecular formula is C16H20ClNO4S. The van der Waals surface area contributed by atoms with E-state index in [0.717, 1.165) is 24.3 Å². The number of esters is 1. The van der Waals surface area contributed by atoms with E-state index in [2.05, 4.69) is 5.32 Å². The lowest BCUT2D eigenvalue weighted by atomic mass is 10.2. The third-order valence-electron chi connectivity index (χ3n) is 3.30. The quantitative estimate of drug-likeness (QED) is 0.572. The highest BCUT2D eigenvalue weighted by Crippen LogP contribution is 2.20. The van der Waals surface area contributed by atoms with E-state index in [-0.39, 0.29) is 31.0 Å². The number of hydrogen-bond donors (Lipinski definition) is 1. The fraction of sp³-hybridized carbons (Fsp3) is 0.500. The summed E-state index contributed by atoms with van der Waals surface area (Å²) in [6, 6.07) is 7.41. The van der Waals surface area contributed by atoms with E-state index < -0.39 is 0 Å². The van der Waals surface area contributed by atoms with Gasteiger partial charge in [-0.25, -0.2) is 0 Å². The van der Waals surface area contributed by atoms with Gasteiger partial charge in [-0.05, 0) is 37.1 Å². The van der Waals surface area contributed by atoms with Gasteiger partial charge in [0.05, 0.1) is 12.5 Å². The molecule has 0 aliphatic carbocycles. The summed E-state index contributed by atoms with van der Waals surface area (Å²) in [6.45, 7) is 0.987. The van der Waals surface area contributed by atoms with Crippen LogP contribution >= 0.6 is 23.4 Å². The van der Waals surface area contributed by atoms with Gasteiger partial charge < -0.3 is 14.8 Å². The number of halogens is 1. The Kier molecular flexibility index (Phi) is 7.71. The maximum atomic E-state index is 11.6. The van der Waals surface area contributed by atoms with Crippen LogP contribution in [-0.4, -0.2) is 43.5 Å². The van der Waals surface area contributed by atoms with Crippen molar-refractivity contribution >= 4 is 35.2 Å². The average Bonchev–Trinajstić information content (AvgIpc) is 3.06. The molecule has 1 unspecified atom stereocenters. The summed E-state index contributed by atoms with van der Waals surface area (Å²) < 4.78 is 10.3. The van der Waals surface area contributed by atoms with Gasteiger partial charge in [-0.15, -0.1) is 11.8 Å². The molecule has 0 aromatic heterocycles. The molecule has 0 bridgehead atoms. The minimum absolute atomic E-state index is 0.0884. The summed E-state index contributed by atoms with van der Waals surface area (Å²) in [6.07, 6.45) is 2.33. The third kappa shape index (κ3) is 7.24. The molecule has 1 saturated heterocycles. The smallest absolute Gasteiger partial charge is 0.307 e. The molecule has 5 nitrogen and oxygen atoms in total. The lowest BCUT2D eigenvalue weighted by molar-refractivity contribution is -0.148. The third-order valence-corrected chi connectivity index (χ3v) is 4.57. The predicted octanol–water partition coefficient (Wildman–Crippen LogP) is 2.66. The number of ether oxygens (including phenoxy) is 2. The van der Waals surface area contributed by atoms with E-state index in [1.54, 1.807) is 23.9 Å². The highest BCUT2D eigenvalue weighted by Gasteiger charge is 2.16. The second-order valence-electron chi connectivity index (χ2n) is 5.15. The van der Waals surface area contributed by atoms with Crippen LogP contribution in [0.1, 0.15) is 19.3 Å². The number of rotatable bonds is 8. The van der Waals surface area contributed by atoms with Crippen molar-refractivity contribution in [3.05, 3.63) is 29.3 Å². The first-order chi connectivity index (χ1) is 11.1. The minimum atomic E-state index is -0.376. The molecule has 1 aromatic rings. The van der Waals surface area contributed by atoms with Crippen LogP contribution < -0.4 is 5.32 Å². The van der Waals surface area contributed by atoms with Crippen molar-refractivity contribution in [3.63, 3.8) is 0 Å². The molecule has 1 aromatic carbocycles. The lowest BCUT2D eigenvalue weighted by Crippen LogP contribution is -2.34. The van der Waals surface area contributed by atoms with Gasteiger partial charge in [-0.2, -0.15) is 0 Å². The van der Waals surface area contributed by atoms with Crippen LogP contribution in [0.3, 0.4) is 0 Å². The summed E-state index contributed by atoms with van der Waals surface area (Å²) in [5.74, 6) is -0.0733. The standard InChI is InChI=1S/C16H20ClNO4S/c17-12-3-5-14(6-4-12)23-9-7-16(20)22-11-15(19)18-10-13-2-1-8-21-13/h3-6,13H,1-2,7-11H2,(H,18,19). The SMILES string of the molecule is O=C(COC(=O)CCSc1ccc(Cl)cc1)NCC1CCCO1. The van der Waals surface area contributed by atoms with Crippen LogP contribution in [0, 0.1) is 0 Å². The van der Waals surface area contributed by atoms with E-state index in [0.29, 0.717) is 17.3 Å². The molecular weight excluding hydrogens is 338 g/mol. The molecule has 126 valence electrons. The molecule has 2 rings (SSSR count). The van der Waals surface area contributed by atoms with Gasteiger partial charge in [0.2, 0.25) is 0 Å².